The molecular formula is C16H16ClN3O4. The van der Waals surface area contributed by atoms with Gasteiger partial charge in [-0.15, -0.1) is 0 Å². The molecule has 7 nitrogen and oxygen atoms in total. The number of nitro benzene ring substituents is 1. The van der Waals surface area contributed by atoms with Crippen LogP contribution in [0.1, 0.15) is 5.56 Å². The molecule has 2 aromatic carbocycles. The van der Waals surface area contributed by atoms with Crippen LogP contribution in [0.15, 0.2) is 48.5 Å². The molecule has 0 aliphatic rings. The maximum Gasteiger partial charge on any atom is 0.319 e. The Kier molecular flexibility index (Phi) is 6.11. The standard InChI is InChI=1S/C16H16ClN3O4/c17-14-9-12(20(23)24)6-7-15(14)19-16(22)18-10-13(21)8-11-4-2-1-3-5-11/h1-7,9,13,21H,8,10H2,(H2,18,19,22). The number of nitro groups is 1. The first kappa shape index (κ1) is 17.7. The Labute approximate surface area is 143 Å². The van der Waals surface area contributed by atoms with Crippen LogP contribution in [0.5, 0.6) is 0 Å². The van der Waals surface area contributed by atoms with E-state index in [-0.39, 0.29) is 22.9 Å². The number of halogens is 1. The number of hydrogen-bond donors (Lipinski definition) is 3. The molecule has 2 amide bonds. The molecule has 126 valence electrons. The molecule has 0 aliphatic heterocycles. The summed E-state index contributed by atoms with van der Waals surface area (Å²) in [7, 11) is 0. The van der Waals surface area contributed by atoms with E-state index in [1.54, 1.807) is 0 Å². The lowest BCUT2D eigenvalue weighted by molar-refractivity contribution is -0.384. The van der Waals surface area contributed by atoms with Gasteiger partial charge in [0.05, 0.1) is 21.7 Å². The summed E-state index contributed by atoms with van der Waals surface area (Å²) in [5.74, 6) is 0. The predicted octanol–water partition coefficient (Wildman–Crippen LogP) is 2.97. The maximum absolute atomic E-state index is 11.8. The number of anilines is 1. The molecular weight excluding hydrogens is 334 g/mol. The third-order valence-electron chi connectivity index (χ3n) is 3.22. The number of nitrogens with zero attached hydrogens (tertiary/aromatic N) is 1. The maximum atomic E-state index is 11.8. The van der Waals surface area contributed by atoms with E-state index < -0.39 is 17.1 Å². The molecule has 1 unspecified atom stereocenters. The molecule has 24 heavy (non-hydrogen) atoms. The van der Waals surface area contributed by atoms with Crippen molar-refractivity contribution in [1.29, 1.82) is 0 Å². The second-order valence-corrected chi connectivity index (χ2v) is 5.51. The van der Waals surface area contributed by atoms with Gasteiger partial charge in [-0.05, 0) is 11.6 Å². The van der Waals surface area contributed by atoms with Crippen molar-refractivity contribution in [3.05, 3.63) is 69.2 Å². The number of aliphatic hydroxyl groups is 1. The number of benzene rings is 2. The molecule has 0 aromatic heterocycles. The smallest absolute Gasteiger partial charge is 0.319 e. The molecule has 0 bridgehead atoms. The van der Waals surface area contributed by atoms with Gasteiger partial charge in [0.1, 0.15) is 0 Å². The van der Waals surface area contributed by atoms with Gasteiger partial charge < -0.3 is 15.7 Å². The highest BCUT2D eigenvalue weighted by Gasteiger charge is 2.12. The van der Waals surface area contributed by atoms with Crippen molar-refractivity contribution in [3.63, 3.8) is 0 Å². The fourth-order valence-electron chi connectivity index (χ4n) is 2.05. The first-order valence-corrected chi connectivity index (χ1v) is 7.54. The second-order valence-electron chi connectivity index (χ2n) is 5.10. The van der Waals surface area contributed by atoms with Gasteiger partial charge in [0.25, 0.3) is 5.69 Å². The van der Waals surface area contributed by atoms with Crippen LogP contribution >= 0.6 is 11.6 Å². The van der Waals surface area contributed by atoms with Crippen LogP contribution in [0.25, 0.3) is 0 Å². The van der Waals surface area contributed by atoms with Gasteiger partial charge in [-0.25, -0.2) is 4.79 Å². The van der Waals surface area contributed by atoms with Gasteiger partial charge in [0, 0.05) is 25.1 Å². The van der Waals surface area contributed by atoms with Crippen molar-refractivity contribution < 1.29 is 14.8 Å². The molecule has 0 radical (unpaired) electrons. The summed E-state index contributed by atoms with van der Waals surface area (Å²) in [6.07, 6.45) is -0.315. The van der Waals surface area contributed by atoms with Crippen molar-refractivity contribution in [2.45, 2.75) is 12.5 Å². The molecule has 0 aliphatic carbocycles. The van der Waals surface area contributed by atoms with Crippen molar-refractivity contribution in [1.82, 2.24) is 5.32 Å². The molecule has 2 aromatic rings. The van der Waals surface area contributed by atoms with Crippen LogP contribution in [-0.4, -0.2) is 28.7 Å². The Balaban J connectivity index is 1.84. The van der Waals surface area contributed by atoms with E-state index >= 15 is 0 Å². The van der Waals surface area contributed by atoms with E-state index in [0.29, 0.717) is 6.42 Å². The lowest BCUT2D eigenvalue weighted by atomic mass is 10.1. The van der Waals surface area contributed by atoms with Crippen LogP contribution in [0, 0.1) is 10.1 Å². The summed E-state index contributed by atoms with van der Waals surface area (Å²) >= 11 is 5.89. The predicted molar refractivity (Wildman–Crippen MR) is 91.3 cm³/mol. The first-order chi connectivity index (χ1) is 11.5. The van der Waals surface area contributed by atoms with Crippen molar-refractivity contribution in [2.24, 2.45) is 0 Å². The fourth-order valence-corrected chi connectivity index (χ4v) is 2.28. The third kappa shape index (κ3) is 5.22. The normalized spacial score (nSPS) is 11.6. The molecule has 0 fully saturated rings. The molecule has 0 spiro atoms. The van der Waals surface area contributed by atoms with Crippen molar-refractivity contribution >= 4 is 29.0 Å². The van der Waals surface area contributed by atoms with Crippen LogP contribution in [0.4, 0.5) is 16.2 Å². The molecule has 1 atom stereocenters. The second kappa shape index (κ2) is 8.28. The van der Waals surface area contributed by atoms with E-state index in [1.165, 1.54) is 12.1 Å². The zero-order valence-corrected chi connectivity index (χ0v) is 13.4. The number of urea groups is 1. The van der Waals surface area contributed by atoms with E-state index in [1.807, 2.05) is 30.3 Å². The third-order valence-corrected chi connectivity index (χ3v) is 3.54. The minimum atomic E-state index is -0.731. The zero-order valence-electron chi connectivity index (χ0n) is 12.6. The largest absolute Gasteiger partial charge is 0.391 e. The zero-order chi connectivity index (χ0) is 17.5. The summed E-state index contributed by atoms with van der Waals surface area (Å²) < 4.78 is 0. The van der Waals surface area contributed by atoms with Gasteiger partial charge in [-0.1, -0.05) is 41.9 Å². The number of hydrogen-bond acceptors (Lipinski definition) is 4. The van der Waals surface area contributed by atoms with Gasteiger partial charge in [0.15, 0.2) is 0 Å². The van der Waals surface area contributed by atoms with E-state index in [0.717, 1.165) is 11.6 Å². The minimum Gasteiger partial charge on any atom is -0.391 e. The van der Waals surface area contributed by atoms with Crippen LogP contribution in [0.3, 0.4) is 0 Å². The number of aliphatic hydroxyl groups excluding tert-OH is 1. The summed E-state index contributed by atoms with van der Waals surface area (Å²) in [4.78, 5) is 21.9. The SMILES string of the molecule is O=C(NCC(O)Cc1ccccc1)Nc1ccc([N+](=O)[O-])cc1Cl. The summed E-state index contributed by atoms with van der Waals surface area (Å²) in [6, 6.07) is 12.6. The minimum absolute atomic E-state index is 0.0594. The number of rotatable bonds is 6. The molecule has 3 N–H and O–H groups in total. The van der Waals surface area contributed by atoms with Crippen molar-refractivity contribution in [3.8, 4) is 0 Å². The van der Waals surface area contributed by atoms with E-state index in [9.17, 15) is 20.0 Å². The Hall–Kier alpha value is -2.64. The number of non-ortho nitro benzene ring substituents is 1. The molecule has 0 saturated heterocycles. The van der Waals surface area contributed by atoms with Gasteiger partial charge in [-0.2, -0.15) is 0 Å². The van der Waals surface area contributed by atoms with Gasteiger partial charge >= 0.3 is 6.03 Å². The average Bonchev–Trinajstić information content (AvgIpc) is 2.55. The molecule has 0 saturated carbocycles. The highest BCUT2D eigenvalue weighted by atomic mass is 35.5. The Morgan fingerprint density at radius 3 is 2.58 bits per heavy atom. The topological polar surface area (TPSA) is 104 Å². The quantitative estimate of drug-likeness (QED) is 0.550. The van der Waals surface area contributed by atoms with Crippen LogP contribution in [0.2, 0.25) is 5.02 Å². The first-order valence-electron chi connectivity index (χ1n) is 7.16. The molecule has 2 rings (SSSR count). The van der Waals surface area contributed by atoms with Crippen LogP contribution < -0.4 is 10.6 Å². The molecule has 0 heterocycles. The van der Waals surface area contributed by atoms with E-state index in [4.69, 9.17) is 11.6 Å². The average molecular weight is 350 g/mol. The molecule has 8 heteroatoms. The summed E-state index contributed by atoms with van der Waals surface area (Å²) in [5.41, 5.74) is 1.05. The summed E-state index contributed by atoms with van der Waals surface area (Å²) in [6.45, 7) is 0.0608. The van der Waals surface area contributed by atoms with Gasteiger partial charge in [0.2, 0.25) is 0 Å². The monoisotopic (exact) mass is 349 g/mol. The number of amides is 2. The number of nitrogens with one attached hydrogen (secondary N) is 2. The highest BCUT2D eigenvalue weighted by molar-refractivity contribution is 6.33. The Morgan fingerprint density at radius 2 is 1.96 bits per heavy atom. The highest BCUT2D eigenvalue weighted by Crippen LogP contribution is 2.26. The number of carbonyl (C=O) groups excluding carboxylic acids is 1. The number of carbonyl (C=O) groups is 1. The van der Waals surface area contributed by atoms with E-state index in [2.05, 4.69) is 10.6 Å². The van der Waals surface area contributed by atoms with Gasteiger partial charge in [-0.3, -0.25) is 10.1 Å². The van der Waals surface area contributed by atoms with Crippen LogP contribution in [-0.2, 0) is 6.42 Å². The van der Waals surface area contributed by atoms with Crippen molar-refractivity contribution in [2.75, 3.05) is 11.9 Å². The lowest BCUT2D eigenvalue weighted by Gasteiger charge is -2.13. The summed E-state index contributed by atoms with van der Waals surface area (Å²) in [5, 5.41) is 25.6. The Morgan fingerprint density at radius 1 is 1.25 bits per heavy atom. The Bertz CT molecular complexity index is 725. The lowest BCUT2D eigenvalue weighted by Crippen LogP contribution is -2.36. The fraction of sp³-hybridized carbons (Fsp3) is 0.188.